The third-order valence-corrected chi connectivity index (χ3v) is 3.63. The van der Waals surface area contributed by atoms with Gasteiger partial charge in [-0.25, -0.2) is 0 Å². The van der Waals surface area contributed by atoms with E-state index in [9.17, 15) is 13.6 Å². The Morgan fingerprint density at radius 2 is 2.00 bits per heavy atom. The number of halogens is 2. The van der Waals surface area contributed by atoms with Crippen molar-refractivity contribution < 1.29 is 18.3 Å². The highest BCUT2D eigenvalue weighted by Crippen LogP contribution is 2.23. The van der Waals surface area contributed by atoms with Crippen molar-refractivity contribution in [2.75, 3.05) is 5.32 Å². The number of nitrogens with zero attached hydrogens (tertiary/aromatic N) is 3. The van der Waals surface area contributed by atoms with Crippen LogP contribution in [-0.4, -0.2) is 27.3 Å². The van der Waals surface area contributed by atoms with Gasteiger partial charge in [0.2, 0.25) is 5.91 Å². The van der Waals surface area contributed by atoms with E-state index in [1.807, 2.05) is 19.3 Å². The number of pyridine rings is 1. The highest BCUT2D eigenvalue weighted by Gasteiger charge is 2.07. The van der Waals surface area contributed by atoms with E-state index in [-0.39, 0.29) is 11.7 Å². The van der Waals surface area contributed by atoms with Gasteiger partial charge >= 0.3 is 6.61 Å². The Kier molecular flexibility index (Phi) is 5.55. The van der Waals surface area contributed by atoms with Gasteiger partial charge in [-0.2, -0.15) is 13.9 Å². The number of aromatic nitrogens is 3. The molecular formula is C19H16F2N4O2. The van der Waals surface area contributed by atoms with Crippen molar-refractivity contribution >= 4 is 17.7 Å². The summed E-state index contributed by atoms with van der Waals surface area (Å²) in [7, 11) is 1.82. The van der Waals surface area contributed by atoms with Crippen molar-refractivity contribution in [2.24, 2.45) is 7.05 Å². The average Bonchev–Trinajstić information content (AvgIpc) is 3.08. The third kappa shape index (κ3) is 4.97. The van der Waals surface area contributed by atoms with Crippen molar-refractivity contribution in [1.29, 1.82) is 0 Å². The minimum Gasteiger partial charge on any atom is -0.435 e. The first kappa shape index (κ1) is 18.2. The maximum atomic E-state index is 12.1. The minimum absolute atomic E-state index is 0.0232. The van der Waals surface area contributed by atoms with Crippen molar-refractivity contribution in [3.05, 3.63) is 66.8 Å². The van der Waals surface area contributed by atoms with E-state index in [0.717, 1.165) is 16.7 Å². The number of carbonyl (C=O) groups excluding carboxylic acids is 1. The number of benzene rings is 1. The van der Waals surface area contributed by atoms with E-state index in [1.54, 1.807) is 29.3 Å². The molecule has 0 bridgehead atoms. The average molecular weight is 370 g/mol. The Labute approximate surface area is 154 Å². The molecule has 0 radical (unpaired) electrons. The van der Waals surface area contributed by atoms with Gasteiger partial charge in [-0.15, -0.1) is 0 Å². The number of amides is 1. The van der Waals surface area contributed by atoms with Crippen LogP contribution in [0, 0.1) is 0 Å². The summed E-state index contributed by atoms with van der Waals surface area (Å²) in [5.74, 6) is -0.339. The molecule has 6 nitrogen and oxygen atoms in total. The monoisotopic (exact) mass is 370 g/mol. The molecule has 0 aliphatic heterocycles. The molecule has 0 saturated carbocycles. The Balaban J connectivity index is 1.69. The van der Waals surface area contributed by atoms with Crippen LogP contribution in [0.25, 0.3) is 17.2 Å². The number of hydrogen-bond donors (Lipinski definition) is 1. The van der Waals surface area contributed by atoms with Crippen LogP contribution in [-0.2, 0) is 11.8 Å². The molecule has 1 N–H and O–H groups in total. The molecule has 3 aromatic rings. The number of alkyl halides is 2. The summed E-state index contributed by atoms with van der Waals surface area (Å²) < 4.78 is 30.2. The van der Waals surface area contributed by atoms with E-state index >= 15 is 0 Å². The van der Waals surface area contributed by atoms with Crippen LogP contribution in [0.1, 0.15) is 5.56 Å². The largest absolute Gasteiger partial charge is 0.435 e. The molecule has 0 spiro atoms. The second-order valence-corrected chi connectivity index (χ2v) is 5.59. The zero-order valence-corrected chi connectivity index (χ0v) is 14.3. The van der Waals surface area contributed by atoms with Gasteiger partial charge in [0.05, 0.1) is 6.20 Å². The lowest BCUT2D eigenvalue weighted by Crippen LogP contribution is -2.08. The van der Waals surface area contributed by atoms with Gasteiger partial charge in [-0.05, 0) is 42.0 Å². The van der Waals surface area contributed by atoms with Crippen LogP contribution < -0.4 is 10.1 Å². The molecule has 27 heavy (non-hydrogen) atoms. The first-order valence-electron chi connectivity index (χ1n) is 7.98. The van der Waals surface area contributed by atoms with Crippen molar-refractivity contribution in [2.45, 2.75) is 6.61 Å². The quantitative estimate of drug-likeness (QED) is 0.671. The number of rotatable bonds is 6. The molecule has 1 aromatic carbocycles. The SMILES string of the molecule is Cn1cc(-c2ccncc2/C=C/C(=O)Nc2ccc(OC(F)F)cc2)cn1. The van der Waals surface area contributed by atoms with Crippen LogP contribution in [0.5, 0.6) is 5.75 Å². The first-order chi connectivity index (χ1) is 13.0. The van der Waals surface area contributed by atoms with Gasteiger partial charge in [0, 0.05) is 48.5 Å². The molecule has 138 valence electrons. The molecule has 2 heterocycles. The molecule has 0 unspecified atom stereocenters. The van der Waals surface area contributed by atoms with E-state index < -0.39 is 6.61 Å². The van der Waals surface area contributed by atoms with Crippen LogP contribution in [0.2, 0.25) is 0 Å². The van der Waals surface area contributed by atoms with E-state index in [2.05, 4.69) is 20.1 Å². The molecule has 2 aromatic heterocycles. The summed E-state index contributed by atoms with van der Waals surface area (Å²) in [6.07, 6.45) is 9.95. The number of nitrogens with one attached hydrogen (secondary N) is 1. The minimum atomic E-state index is -2.89. The molecule has 0 saturated heterocycles. The topological polar surface area (TPSA) is 69.0 Å². The Morgan fingerprint density at radius 1 is 1.22 bits per heavy atom. The molecule has 0 aliphatic carbocycles. The Bertz CT molecular complexity index is 952. The summed E-state index contributed by atoms with van der Waals surface area (Å²) in [6.45, 7) is -2.89. The molecule has 8 heteroatoms. The van der Waals surface area contributed by atoms with Gasteiger partial charge in [-0.1, -0.05) is 0 Å². The predicted molar refractivity (Wildman–Crippen MR) is 97.2 cm³/mol. The second kappa shape index (κ2) is 8.22. The molecular weight excluding hydrogens is 354 g/mol. The van der Waals surface area contributed by atoms with Crippen molar-refractivity contribution in [1.82, 2.24) is 14.8 Å². The number of hydrogen-bond acceptors (Lipinski definition) is 4. The summed E-state index contributed by atoms with van der Waals surface area (Å²) in [5.41, 5.74) is 3.04. The van der Waals surface area contributed by atoms with Crippen molar-refractivity contribution in [3.8, 4) is 16.9 Å². The highest BCUT2D eigenvalue weighted by atomic mass is 19.3. The molecule has 3 rings (SSSR count). The zero-order chi connectivity index (χ0) is 19.2. The van der Waals surface area contributed by atoms with E-state index in [0.29, 0.717) is 5.69 Å². The lowest BCUT2D eigenvalue weighted by atomic mass is 10.0. The van der Waals surface area contributed by atoms with Gasteiger partial charge in [0.1, 0.15) is 5.75 Å². The van der Waals surface area contributed by atoms with Crippen LogP contribution in [0.15, 0.2) is 61.2 Å². The molecule has 1 amide bonds. The second-order valence-electron chi connectivity index (χ2n) is 5.59. The predicted octanol–water partition coefficient (Wildman–Crippen LogP) is 3.74. The molecule has 0 fully saturated rings. The first-order valence-corrected chi connectivity index (χ1v) is 7.98. The maximum Gasteiger partial charge on any atom is 0.387 e. The summed E-state index contributed by atoms with van der Waals surface area (Å²) >= 11 is 0. The van der Waals surface area contributed by atoms with Gasteiger partial charge in [0.25, 0.3) is 0 Å². The van der Waals surface area contributed by atoms with Crippen molar-refractivity contribution in [3.63, 3.8) is 0 Å². The standard InChI is InChI=1S/C19H16F2N4O2/c1-25-12-14(11-23-25)17-8-9-22-10-13(17)2-7-18(26)24-15-3-5-16(6-4-15)27-19(20)21/h2-12,19H,1H3,(H,24,26)/b7-2+. The zero-order valence-electron chi connectivity index (χ0n) is 14.3. The maximum absolute atomic E-state index is 12.1. The third-order valence-electron chi connectivity index (χ3n) is 3.63. The summed E-state index contributed by atoms with van der Waals surface area (Å²) in [5, 5.41) is 6.80. The van der Waals surface area contributed by atoms with Crippen LogP contribution in [0.3, 0.4) is 0 Å². The van der Waals surface area contributed by atoms with Crippen LogP contribution >= 0.6 is 0 Å². The fourth-order valence-electron chi connectivity index (χ4n) is 2.43. The summed E-state index contributed by atoms with van der Waals surface area (Å²) in [4.78, 5) is 16.2. The van der Waals surface area contributed by atoms with Crippen LogP contribution in [0.4, 0.5) is 14.5 Å². The summed E-state index contributed by atoms with van der Waals surface area (Å²) in [6, 6.07) is 7.51. The number of carbonyl (C=O) groups is 1. The fourth-order valence-corrected chi connectivity index (χ4v) is 2.43. The van der Waals surface area contributed by atoms with Gasteiger partial charge in [0.15, 0.2) is 0 Å². The Hall–Kier alpha value is -3.55. The lowest BCUT2D eigenvalue weighted by molar-refractivity contribution is -0.111. The highest BCUT2D eigenvalue weighted by molar-refractivity contribution is 6.02. The van der Waals surface area contributed by atoms with Gasteiger partial charge in [-0.3, -0.25) is 14.5 Å². The Morgan fingerprint density at radius 3 is 2.67 bits per heavy atom. The lowest BCUT2D eigenvalue weighted by Gasteiger charge is -2.06. The smallest absolute Gasteiger partial charge is 0.387 e. The number of aryl methyl sites for hydroxylation is 1. The van der Waals surface area contributed by atoms with E-state index in [4.69, 9.17) is 0 Å². The number of ether oxygens (including phenoxy) is 1. The molecule has 0 aliphatic rings. The normalized spacial score (nSPS) is 11.1. The number of anilines is 1. The van der Waals surface area contributed by atoms with E-state index in [1.165, 1.54) is 30.3 Å². The molecule has 0 atom stereocenters. The fraction of sp³-hybridized carbons (Fsp3) is 0.105. The van der Waals surface area contributed by atoms with Gasteiger partial charge < -0.3 is 10.1 Å².